The van der Waals surface area contributed by atoms with Crippen LogP contribution < -0.4 is 5.32 Å². The van der Waals surface area contributed by atoms with Crippen LogP contribution in [0.5, 0.6) is 0 Å². The van der Waals surface area contributed by atoms with Crippen molar-refractivity contribution in [2.24, 2.45) is 12.5 Å². The molecule has 0 aromatic carbocycles. The zero-order valence-corrected chi connectivity index (χ0v) is 9.95. The van der Waals surface area contributed by atoms with Gasteiger partial charge < -0.3 is 15.0 Å². The van der Waals surface area contributed by atoms with Crippen LogP contribution in [0.2, 0.25) is 0 Å². The van der Waals surface area contributed by atoms with Crippen LogP contribution in [0.4, 0.5) is 0 Å². The molecule has 0 aliphatic rings. The molecular formula is C12H22N2O. The molecule has 2 N–H and O–H groups in total. The van der Waals surface area contributed by atoms with Crippen molar-refractivity contribution in [3.63, 3.8) is 0 Å². The van der Waals surface area contributed by atoms with Crippen LogP contribution >= 0.6 is 0 Å². The Bertz CT molecular complexity index is 292. The highest BCUT2D eigenvalue weighted by molar-refractivity contribution is 5.05. The Morgan fingerprint density at radius 3 is 2.73 bits per heavy atom. The molecule has 0 unspecified atom stereocenters. The van der Waals surface area contributed by atoms with Gasteiger partial charge >= 0.3 is 0 Å². The Labute approximate surface area is 92.1 Å². The van der Waals surface area contributed by atoms with E-state index in [0.717, 1.165) is 19.5 Å². The van der Waals surface area contributed by atoms with Gasteiger partial charge in [-0.05, 0) is 24.0 Å². The largest absolute Gasteiger partial charge is 0.396 e. The average Bonchev–Trinajstić information content (AvgIpc) is 2.51. The van der Waals surface area contributed by atoms with Gasteiger partial charge in [-0.15, -0.1) is 0 Å². The van der Waals surface area contributed by atoms with E-state index in [-0.39, 0.29) is 12.0 Å². The van der Waals surface area contributed by atoms with E-state index in [1.54, 1.807) is 0 Å². The zero-order valence-electron chi connectivity index (χ0n) is 9.95. The first-order valence-corrected chi connectivity index (χ1v) is 5.47. The zero-order chi connectivity index (χ0) is 11.3. The third-order valence-corrected chi connectivity index (χ3v) is 2.75. The maximum atomic E-state index is 8.90. The third kappa shape index (κ3) is 4.06. The van der Waals surface area contributed by atoms with Crippen molar-refractivity contribution in [3.8, 4) is 0 Å². The van der Waals surface area contributed by atoms with E-state index in [4.69, 9.17) is 5.11 Å². The Kier molecular flexibility index (Phi) is 4.36. The Balaban J connectivity index is 2.30. The van der Waals surface area contributed by atoms with Crippen LogP contribution in [0, 0.1) is 5.41 Å². The molecule has 1 heterocycles. The summed E-state index contributed by atoms with van der Waals surface area (Å²) in [6, 6.07) is 4.17. The van der Waals surface area contributed by atoms with Gasteiger partial charge in [0.15, 0.2) is 0 Å². The second-order valence-corrected chi connectivity index (χ2v) is 4.85. The van der Waals surface area contributed by atoms with Gasteiger partial charge in [0, 0.05) is 38.6 Å². The van der Waals surface area contributed by atoms with Gasteiger partial charge in [-0.2, -0.15) is 0 Å². The van der Waals surface area contributed by atoms with Crippen molar-refractivity contribution in [2.75, 3.05) is 13.2 Å². The fourth-order valence-electron chi connectivity index (χ4n) is 1.60. The lowest BCUT2D eigenvalue weighted by atomic mass is 9.90. The lowest BCUT2D eigenvalue weighted by Gasteiger charge is -2.24. The standard InChI is InChI=1S/C12H22N2O/c1-12(2,6-8-15)10-13-9-11-5-4-7-14(11)3/h4-5,7,13,15H,6,8-10H2,1-3H3. The van der Waals surface area contributed by atoms with E-state index < -0.39 is 0 Å². The third-order valence-electron chi connectivity index (χ3n) is 2.75. The topological polar surface area (TPSA) is 37.2 Å². The normalized spacial score (nSPS) is 12.0. The molecule has 1 aromatic rings. The van der Waals surface area contributed by atoms with E-state index in [0.29, 0.717) is 0 Å². The molecule has 0 saturated carbocycles. The first-order chi connectivity index (χ1) is 7.05. The van der Waals surface area contributed by atoms with Crippen LogP contribution in [0.3, 0.4) is 0 Å². The number of aryl methyl sites for hydroxylation is 1. The lowest BCUT2D eigenvalue weighted by Crippen LogP contribution is -2.30. The second kappa shape index (κ2) is 5.33. The molecule has 3 nitrogen and oxygen atoms in total. The minimum atomic E-state index is 0.167. The number of rotatable bonds is 6. The molecule has 0 saturated heterocycles. The summed E-state index contributed by atoms with van der Waals surface area (Å²) in [4.78, 5) is 0. The Morgan fingerprint density at radius 1 is 1.47 bits per heavy atom. The van der Waals surface area contributed by atoms with Gasteiger partial charge in [-0.3, -0.25) is 0 Å². The van der Waals surface area contributed by atoms with Crippen LogP contribution in [0.1, 0.15) is 26.0 Å². The van der Waals surface area contributed by atoms with E-state index in [1.165, 1.54) is 5.69 Å². The fourth-order valence-corrected chi connectivity index (χ4v) is 1.60. The molecule has 0 spiro atoms. The molecule has 1 aromatic heterocycles. The van der Waals surface area contributed by atoms with Crippen LogP contribution in [-0.2, 0) is 13.6 Å². The highest BCUT2D eigenvalue weighted by atomic mass is 16.3. The van der Waals surface area contributed by atoms with Gasteiger partial charge in [0.1, 0.15) is 0 Å². The highest BCUT2D eigenvalue weighted by Gasteiger charge is 2.16. The molecular weight excluding hydrogens is 188 g/mol. The molecule has 0 aliphatic carbocycles. The summed E-state index contributed by atoms with van der Waals surface area (Å²) in [6.45, 7) is 6.42. The smallest absolute Gasteiger partial charge is 0.0436 e. The number of nitrogens with one attached hydrogen (secondary N) is 1. The van der Waals surface area contributed by atoms with Crippen molar-refractivity contribution in [3.05, 3.63) is 24.0 Å². The van der Waals surface area contributed by atoms with Crippen LogP contribution in [-0.4, -0.2) is 22.8 Å². The lowest BCUT2D eigenvalue weighted by molar-refractivity contribution is 0.207. The Hall–Kier alpha value is -0.800. The summed E-state index contributed by atoms with van der Waals surface area (Å²) in [5.74, 6) is 0. The molecule has 0 amide bonds. The second-order valence-electron chi connectivity index (χ2n) is 4.85. The summed E-state index contributed by atoms with van der Waals surface area (Å²) in [5.41, 5.74) is 1.45. The van der Waals surface area contributed by atoms with E-state index in [2.05, 4.69) is 49.1 Å². The Morgan fingerprint density at radius 2 is 2.20 bits per heavy atom. The molecule has 3 heteroatoms. The van der Waals surface area contributed by atoms with Crippen molar-refractivity contribution < 1.29 is 5.11 Å². The quantitative estimate of drug-likeness (QED) is 0.747. The van der Waals surface area contributed by atoms with E-state index in [9.17, 15) is 0 Å². The van der Waals surface area contributed by atoms with Gasteiger partial charge in [0.05, 0.1) is 0 Å². The number of nitrogens with zero attached hydrogens (tertiary/aromatic N) is 1. The van der Waals surface area contributed by atoms with Gasteiger partial charge in [0.25, 0.3) is 0 Å². The SMILES string of the molecule is Cn1cccc1CNCC(C)(C)CCO. The maximum absolute atomic E-state index is 8.90. The van der Waals surface area contributed by atoms with Gasteiger partial charge in [-0.25, -0.2) is 0 Å². The maximum Gasteiger partial charge on any atom is 0.0436 e. The molecule has 0 radical (unpaired) electrons. The average molecular weight is 210 g/mol. The molecule has 0 atom stereocenters. The molecule has 15 heavy (non-hydrogen) atoms. The minimum Gasteiger partial charge on any atom is -0.396 e. The van der Waals surface area contributed by atoms with Crippen molar-refractivity contribution in [2.45, 2.75) is 26.8 Å². The number of aromatic nitrogens is 1. The fraction of sp³-hybridized carbons (Fsp3) is 0.667. The highest BCUT2D eigenvalue weighted by Crippen LogP contribution is 2.18. The summed E-state index contributed by atoms with van der Waals surface area (Å²) < 4.78 is 2.12. The summed E-state index contributed by atoms with van der Waals surface area (Å²) in [6.07, 6.45) is 2.89. The number of hydrogen-bond donors (Lipinski definition) is 2. The van der Waals surface area contributed by atoms with Crippen LogP contribution in [0.15, 0.2) is 18.3 Å². The number of aliphatic hydroxyl groups is 1. The molecule has 0 fully saturated rings. The van der Waals surface area contributed by atoms with Crippen LogP contribution in [0.25, 0.3) is 0 Å². The minimum absolute atomic E-state index is 0.167. The summed E-state index contributed by atoms with van der Waals surface area (Å²) >= 11 is 0. The summed E-state index contributed by atoms with van der Waals surface area (Å²) in [5, 5.41) is 12.3. The predicted octanol–water partition coefficient (Wildman–Crippen LogP) is 1.52. The van der Waals surface area contributed by atoms with E-state index in [1.807, 2.05) is 0 Å². The number of hydrogen-bond acceptors (Lipinski definition) is 2. The first kappa shape index (κ1) is 12.3. The van der Waals surface area contributed by atoms with Crippen molar-refractivity contribution >= 4 is 0 Å². The molecule has 1 rings (SSSR count). The molecule has 86 valence electrons. The number of aliphatic hydroxyl groups excluding tert-OH is 1. The van der Waals surface area contributed by atoms with Crippen molar-refractivity contribution in [1.82, 2.24) is 9.88 Å². The molecule has 0 bridgehead atoms. The van der Waals surface area contributed by atoms with Gasteiger partial charge in [0.2, 0.25) is 0 Å². The first-order valence-electron chi connectivity index (χ1n) is 5.47. The van der Waals surface area contributed by atoms with Crippen molar-refractivity contribution in [1.29, 1.82) is 0 Å². The van der Waals surface area contributed by atoms with Gasteiger partial charge in [-0.1, -0.05) is 13.8 Å². The summed E-state index contributed by atoms with van der Waals surface area (Å²) in [7, 11) is 2.05. The monoisotopic (exact) mass is 210 g/mol. The molecule has 0 aliphatic heterocycles. The predicted molar refractivity (Wildman–Crippen MR) is 62.6 cm³/mol. The van der Waals surface area contributed by atoms with E-state index >= 15 is 0 Å².